The van der Waals surface area contributed by atoms with Gasteiger partial charge in [0.15, 0.2) is 0 Å². The summed E-state index contributed by atoms with van der Waals surface area (Å²) >= 11 is 0. The van der Waals surface area contributed by atoms with Gasteiger partial charge in [-0.15, -0.1) is 0 Å². The van der Waals surface area contributed by atoms with E-state index in [1.54, 1.807) is 12.4 Å². The molecular weight excluding hydrogens is 214 g/mol. The molecule has 2 unspecified atom stereocenters. The Hall–Kier alpha value is -0.930. The van der Waals surface area contributed by atoms with Crippen LogP contribution in [0.15, 0.2) is 24.5 Å². The summed E-state index contributed by atoms with van der Waals surface area (Å²) in [5.41, 5.74) is 1.02. The Morgan fingerprint density at radius 3 is 2.35 bits per heavy atom. The molecule has 0 radical (unpaired) electrons. The van der Waals surface area contributed by atoms with Gasteiger partial charge in [0, 0.05) is 25.4 Å². The van der Waals surface area contributed by atoms with Crippen LogP contribution in [0.1, 0.15) is 33.3 Å². The van der Waals surface area contributed by atoms with Gasteiger partial charge < -0.3 is 9.84 Å². The summed E-state index contributed by atoms with van der Waals surface area (Å²) in [5.74, 6) is 0. The van der Waals surface area contributed by atoms with Crippen molar-refractivity contribution in [2.75, 3.05) is 6.61 Å². The molecule has 1 aromatic rings. The van der Waals surface area contributed by atoms with Crippen molar-refractivity contribution < 1.29 is 9.84 Å². The van der Waals surface area contributed by atoms with E-state index in [-0.39, 0.29) is 11.5 Å². The monoisotopic (exact) mass is 237 g/mol. The second kappa shape index (κ2) is 6.12. The van der Waals surface area contributed by atoms with Crippen molar-refractivity contribution >= 4 is 0 Å². The number of aliphatic hydroxyl groups is 1. The van der Waals surface area contributed by atoms with Gasteiger partial charge in [-0.3, -0.25) is 4.98 Å². The topological polar surface area (TPSA) is 42.4 Å². The minimum absolute atomic E-state index is 0.0670. The summed E-state index contributed by atoms with van der Waals surface area (Å²) < 4.78 is 5.67. The molecule has 0 aliphatic rings. The fourth-order valence-electron chi connectivity index (χ4n) is 1.99. The lowest BCUT2D eigenvalue weighted by atomic mass is 9.84. The van der Waals surface area contributed by atoms with Crippen molar-refractivity contribution in [3.8, 4) is 0 Å². The van der Waals surface area contributed by atoms with E-state index in [0.29, 0.717) is 13.0 Å². The molecular formula is C14H23NO2. The van der Waals surface area contributed by atoms with Crippen molar-refractivity contribution in [2.24, 2.45) is 5.41 Å². The van der Waals surface area contributed by atoms with Crippen molar-refractivity contribution in [3.05, 3.63) is 30.1 Å². The Morgan fingerprint density at radius 1 is 1.29 bits per heavy atom. The van der Waals surface area contributed by atoms with Crippen LogP contribution in [-0.4, -0.2) is 28.9 Å². The lowest BCUT2D eigenvalue weighted by Crippen LogP contribution is -2.41. The number of nitrogens with zero attached hydrogens (tertiary/aromatic N) is 1. The largest absolute Gasteiger partial charge is 0.390 e. The molecule has 1 heterocycles. The van der Waals surface area contributed by atoms with Crippen LogP contribution in [0.5, 0.6) is 0 Å². The molecule has 0 aliphatic heterocycles. The van der Waals surface area contributed by atoms with Crippen LogP contribution >= 0.6 is 0 Å². The smallest absolute Gasteiger partial charge is 0.0885 e. The Balaban J connectivity index is 2.69. The van der Waals surface area contributed by atoms with Crippen molar-refractivity contribution in [1.82, 2.24) is 4.98 Å². The molecule has 1 N–H and O–H groups in total. The zero-order valence-electron chi connectivity index (χ0n) is 11.2. The van der Waals surface area contributed by atoms with Gasteiger partial charge in [0.25, 0.3) is 0 Å². The lowest BCUT2D eigenvalue weighted by molar-refractivity contribution is -0.0873. The van der Waals surface area contributed by atoms with Gasteiger partial charge in [0.05, 0.1) is 12.2 Å². The molecule has 0 saturated carbocycles. The van der Waals surface area contributed by atoms with E-state index in [2.05, 4.69) is 25.8 Å². The van der Waals surface area contributed by atoms with E-state index in [1.165, 1.54) is 0 Å². The van der Waals surface area contributed by atoms with E-state index in [4.69, 9.17) is 4.74 Å². The van der Waals surface area contributed by atoms with Gasteiger partial charge in [-0.2, -0.15) is 0 Å². The minimum atomic E-state index is -0.489. The minimum Gasteiger partial charge on any atom is -0.390 e. The average molecular weight is 237 g/mol. The average Bonchev–Trinajstić information content (AvgIpc) is 2.25. The van der Waals surface area contributed by atoms with Crippen LogP contribution in [0.3, 0.4) is 0 Å². The van der Waals surface area contributed by atoms with Crippen LogP contribution in [0.25, 0.3) is 0 Å². The zero-order valence-corrected chi connectivity index (χ0v) is 11.2. The SMILES string of the molecule is CCOC(C(O)Cc1ccncc1)C(C)(C)C. The highest BCUT2D eigenvalue weighted by Gasteiger charge is 2.31. The summed E-state index contributed by atoms with van der Waals surface area (Å²) in [7, 11) is 0. The first-order valence-electron chi connectivity index (χ1n) is 6.13. The Bertz CT molecular complexity index is 319. The predicted molar refractivity (Wildman–Crippen MR) is 68.8 cm³/mol. The van der Waals surface area contributed by atoms with E-state index in [0.717, 1.165) is 5.56 Å². The number of rotatable bonds is 5. The molecule has 3 nitrogen and oxygen atoms in total. The van der Waals surface area contributed by atoms with Gasteiger partial charge >= 0.3 is 0 Å². The predicted octanol–water partition coefficient (Wildman–Crippen LogP) is 2.44. The molecule has 3 heteroatoms. The quantitative estimate of drug-likeness (QED) is 0.855. The molecule has 0 aromatic carbocycles. The van der Waals surface area contributed by atoms with Gasteiger partial charge in [-0.05, 0) is 30.0 Å². The number of hydrogen-bond acceptors (Lipinski definition) is 3. The molecule has 0 aliphatic carbocycles. The second-order valence-electron chi connectivity index (χ2n) is 5.37. The highest BCUT2D eigenvalue weighted by molar-refractivity contribution is 5.11. The van der Waals surface area contributed by atoms with Gasteiger partial charge in [0.2, 0.25) is 0 Å². The molecule has 0 fully saturated rings. The molecule has 0 amide bonds. The Morgan fingerprint density at radius 2 is 1.88 bits per heavy atom. The maximum Gasteiger partial charge on any atom is 0.0885 e. The van der Waals surface area contributed by atoms with Crippen molar-refractivity contribution in [2.45, 2.75) is 46.3 Å². The summed E-state index contributed by atoms with van der Waals surface area (Å²) in [6, 6.07) is 3.85. The summed E-state index contributed by atoms with van der Waals surface area (Å²) in [6.45, 7) is 8.84. The van der Waals surface area contributed by atoms with Crippen LogP contribution in [0, 0.1) is 5.41 Å². The fraction of sp³-hybridized carbons (Fsp3) is 0.643. The Labute approximate surface area is 104 Å². The Kier molecular flexibility index (Phi) is 5.09. The fourth-order valence-corrected chi connectivity index (χ4v) is 1.99. The number of ether oxygens (including phenoxy) is 1. The molecule has 0 spiro atoms. The van der Waals surface area contributed by atoms with Crippen LogP contribution in [0.2, 0.25) is 0 Å². The molecule has 1 rings (SSSR count). The number of pyridine rings is 1. The summed E-state index contributed by atoms with van der Waals surface area (Å²) in [6.07, 6.45) is 3.45. The molecule has 96 valence electrons. The molecule has 0 bridgehead atoms. The maximum atomic E-state index is 10.3. The van der Waals surface area contributed by atoms with Crippen LogP contribution in [-0.2, 0) is 11.2 Å². The molecule has 1 aromatic heterocycles. The maximum absolute atomic E-state index is 10.3. The van der Waals surface area contributed by atoms with Gasteiger partial charge in [0.1, 0.15) is 0 Å². The van der Waals surface area contributed by atoms with E-state index in [1.807, 2.05) is 19.1 Å². The third kappa shape index (κ3) is 4.44. The second-order valence-corrected chi connectivity index (χ2v) is 5.37. The van der Waals surface area contributed by atoms with E-state index < -0.39 is 6.10 Å². The zero-order chi connectivity index (χ0) is 12.9. The highest BCUT2D eigenvalue weighted by atomic mass is 16.5. The van der Waals surface area contributed by atoms with Gasteiger partial charge in [-0.25, -0.2) is 0 Å². The molecule has 17 heavy (non-hydrogen) atoms. The molecule has 0 saturated heterocycles. The first-order valence-corrected chi connectivity index (χ1v) is 6.13. The first-order chi connectivity index (χ1) is 7.95. The first kappa shape index (κ1) is 14.1. The summed E-state index contributed by atoms with van der Waals surface area (Å²) in [5, 5.41) is 10.3. The van der Waals surface area contributed by atoms with Crippen LogP contribution in [0.4, 0.5) is 0 Å². The van der Waals surface area contributed by atoms with Crippen molar-refractivity contribution in [1.29, 1.82) is 0 Å². The third-order valence-corrected chi connectivity index (χ3v) is 2.74. The van der Waals surface area contributed by atoms with E-state index in [9.17, 15) is 5.11 Å². The number of hydrogen-bond donors (Lipinski definition) is 1. The summed E-state index contributed by atoms with van der Waals surface area (Å²) in [4.78, 5) is 3.97. The normalized spacial score (nSPS) is 15.6. The standard InChI is InChI=1S/C14H23NO2/c1-5-17-13(14(2,3)4)12(16)10-11-6-8-15-9-7-11/h6-9,12-13,16H,5,10H2,1-4H3. The number of aliphatic hydroxyl groups excluding tert-OH is 1. The van der Waals surface area contributed by atoms with Crippen molar-refractivity contribution in [3.63, 3.8) is 0 Å². The lowest BCUT2D eigenvalue weighted by Gasteiger charge is -2.34. The highest BCUT2D eigenvalue weighted by Crippen LogP contribution is 2.26. The van der Waals surface area contributed by atoms with Crippen LogP contribution < -0.4 is 0 Å². The van der Waals surface area contributed by atoms with E-state index >= 15 is 0 Å². The third-order valence-electron chi connectivity index (χ3n) is 2.74. The van der Waals surface area contributed by atoms with Gasteiger partial charge in [-0.1, -0.05) is 20.8 Å². The molecule has 2 atom stereocenters. The number of aromatic nitrogens is 1.